The molecule has 3 heterocycles. The molecule has 4 rings (SSSR count). The second kappa shape index (κ2) is 6.54. The van der Waals surface area contributed by atoms with E-state index in [0.29, 0.717) is 30.2 Å². The fourth-order valence-electron chi connectivity index (χ4n) is 2.94. The molecule has 8 heteroatoms. The van der Waals surface area contributed by atoms with E-state index in [1.807, 2.05) is 0 Å². The number of benzene rings is 1. The molecule has 0 N–H and O–H groups in total. The molecule has 25 heavy (non-hydrogen) atoms. The smallest absolute Gasteiger partial charge is 0.316 e. The summed E-state index contributed by atoms with van der Waals surface area (Å²) in [7, 11) is 0. The summed E-state index contributed by atoms with van der Waals surface area (Å²) in [5, 5.41) is 0. The zero-order chi connectivity index (χ0) is 17.2. The normalized spacial score (nSPS) is 18.9. The van der Waals surface area contributed by atoms with Gasteiger partial charge in [0.2, 0.25) is 6.79 Å². The van der Waals surface area contributed by atoms with Crippen molar-refractivity contribution >= 4 is 5.91 Å². The zero-order valence-corrected chi connectivity index (χ0v) is 13.4. The Morgan fingerprint density at radius 3 is 2.88 bits per heavy atom. The van der Waals surface area contributed by atoms with Crippen molar-refractivity contribution in [1.82, 2.24) is 14.9 Å². The Hall–Kier alpha value is -2.90. The second-order valence-electron chi connectivity index (χ2n) is 5.89. The van der Waals surface area contributed by atoms with Crippen LogP contribution in [0.3, 0.4) is 0 Å². The zero-order valence-electron chi connectivity index (χ0n) is 13.4. The minimum atomic E-state index is -0.518. The van der Waals surface area contributed by atoms with E-state index in [0.717, 1.165) is 25.2 Å². The number of aromatic nitrogens is 2. The Balaban J connectivity index is 1.43. The third kappa shape index (κ3) is 3.33. The summed E-state index contributed by atoms with van der Waals surface area (Å²) >= 11 is 0. The summed E-state index contributed by atoms with van der Waals surface area (Å²) in [6.07, 6.45) is 3.48. The van der Waals surface area contributed by atoms with Crippen molar-refractivity contribution in [3.05, 3.63) is 42.0 Å². The maximum Gasteiger partial charge on any atom is 0.316 e. The summed E-state index contributed by atoms with van der Waals surface area (Å²) in [6, 6.07) is 5.27. The largest absolute Gasteiger partial charge is 0.458 e. The van der Waals surface area contributed by atoms with E-state index in [1.165, 1.54) is 0 Å². The average molecular weight is 345 g/mol. The number of ether oxygens (including phenoxy) is 3. The van der Waals surface area contributed by atoms with Crippen molar-refractivity contribution in [2.75, 3.05) is 19.9 Å². The number of rotatable bonds is 3. The van der Waals surface area contributed by atoms with E-state index in [9.17, 15) is 9.18 Å². The molecule has 0 bridgehead atoms. The molecule has 1 aromatic carbocycles. The summed E-state index contributed by atoms with van der Waals surface area (Å²) in [5.74, 6) is 0.613. The Morgan fingerprint density at radius 2 is 2.04 bits per heavy atom. The van der Waals surface area contributed by atoms with Gasteiger partial charge in [0, 0.05) is 12.1 Å². The number of halogens is 1. The lowest BCUT2D eigenvalue weighted by Crippen LogP contribution is -2.44. The van der Waals surface area contributed by atoms with Crippen molar-refractivity contribution in [2.45, 2.75) is 18.9 Å². The minimum Gasteiger partial charge on any atom is -0.458 e. The van der Waals surface area contributed by atoms with Gasteiger partial charge in [0.15, 0.2) is 17.3 Å². The van der Waals surface area contributed by atoms with Crippen LogP contribution in [0.1, 0.15) is 23.2 Å². The van der Waals surface area contributed by atoms with Crippen molar-refractivity contribution in [2.24, 2.45) is 0 Å². The fraction of sp³-hybridized carbons (Fsp3) is 0.353. The molecule has 130 valence electrons. The lowest BCUT2D eigenvalue weighted by molar-refractivity contribution is 0.0515. The first kappa shape index (κ1) is 15.6. The van der Waals surface area contributed by atoms with Crippen LogP contribution in [0.25, 0.3) is 0 Å². The van der Waals surface area contributed by atoms with Gasteiger partial charge < -0.3 is 19.1 Å². The number of amides is 1. The van der Waals surface area contributed by atoms with Crippen LogP contribution in [0.4, 0.5) is 4.39 Å². The van der Waals surface area contributed by atoms with Crippen LogP contribution in [-0.4, -0.2) is 46.8 Å². The molecule has 1 amide bonds. The van der Waals surface area contributed by atoms with E-state index in [-0.39, 0.29) is 24.8 Å². The molecule has 0 radical (unpaired) electrons. The molecule has 0 unspecified atom stereocenters. The summed E-state index contributed by atoms with van der Waals surface area (Å²) in [5.41, 5.74) is 0.544. The maximum absolute atomic E-state index is 12.9. The minimum absolute atomic E-state index is 0.0911. The first-order chi connectivity index (χ1) is 12.2. The van der Waals surface area contributed by atoms with Crippen LogP contribution < -0.4 is 14.2 Å². The molecule has 2 aromatic rings. The Morgan fingerprint density at radius 1 is 1.24 bits per heavy atom. The number of hydrogen-bond acceptors (Lipinski definition) is 6. The first-order valence-electron chi connectivity index (χ1n) is 8.02. The second-order valence-corrected chi connectivity index (χ2v) is 5.89. The van der Waals surface area contributed by atoms with Gasteiger partial charge in [0.1, 0.15) is 6.10 Å². The third-order valence-corrected chi connectivity index (χ3v) is 4.15. The maximum atomic E-state index is 12.9. The SMILES string of the molecule is O=C(c1ccc2c(c1)OCO2)N1CCC[C@@H](Oc2ncc(F)cn2)C1. The molecule has 1 aromatic heterocycles. The molecule has 2 aliphatic rings. The number of piperidine rings is 1. The van der Waals surface area contributed by atoms with Gasteiger partial charge >= 0.3 is 6.01 Å². The third-order valence-electron chi connectivity index (χ3n) is 4.15. The van der Waals surface area contributed by atoms with Gasteiger partial charge in [0.25, 0.3) is 5.91 Å². The van der Waals surface area contributed by atoms with E-state index in [1.54, 1.807) is 23.1 Å². The highest BCUT2D eigenvalue weighted by Crippen LogP contribution is 2.33. The van der Waals surface area contributed by atoms with Gasteiger partial charge in [-0.3, -0.25) is 4.79 Å². The standard InChI is InChI=1S/C17H16FN3O4/c18-12-7-19-17(20-8-12)25-13-2-1-5-21(9-13)16(22)11-3-4-14-15(6-11)24-10-23-14/h3-4,6-8,13H,1-2,5,9-10H2/t13-/m1/s1. The van der Waals surface area contributed by atoms with Crippen molar-refractivity contribution < 1.29 is 23.4 Å². The molecule has 0 spiro atoms. The summed E-state index contributed by atoms with van der Waals surface area (Å²) < 4.78 is 29.1. The van der Waals surface area contributed by atoms with E-state index in [2.05, 4.69) is 9.97 Å². The van der Waals surface area contributed by atoms with Gasteiger partial charge in [-0.05, 0) is 31.0 Å². The molecule has 0 aliphatic carbocycles. The first-order valence-corrected chi connectivity index (χ1v) is 8.02. The van der Waals surface area contributed by atoms with Crippen LogP contribution in [0.2, 0.25) is 0 Å². The lowest BCUT2D eigenvalue weighted by atomic mass is 10.1. The average Bonchev–Trinajstić information content (AvgIpc) is 3.11. The number of fused-ring (bicyclic) bond motifs is 1. The van der Waals surface area contributed by atoms with Gasteiger partial charge in [-0.2, -0.15) is 0 Å². The summed E-state index contributed by atoms with van der Waals surface area (Å²) in [6.45, 7) is 1.25. The predicted octanol–water partition coefficient (Wildman–Crippen LogP) is 2.03. The number of likely N-dealkylation sites (tertiary alicyclic amines) is 1. The Labute approximate surface area is 143 Å². The van der Waals surface area contributed by atoms with E-state index < -0.39 is 5.82 Å². The topological polar surface area (TPSA) is 73.8 Å². The van der Waals surface area contributed by atoms with Crippen molar-refractivity contribution in [3.63, 3.8) is 0 Å². The molecule has 2 aliphatic heterocycles. The molecule has 7 nitrogen and oxygen atoms in total. The van der Waals surface area contributed by atoms with E-state index in [4.69, 9.17) is 14.2 Å². The summed E-state index contributed by atoms with van der Waals surface area (Å²) in [4.78, 5) is 22.1. The predicted molar refractivity (Wildman–Crippen MR) is 84.1 cm³/mol. The van der Waals surface area contributed by atoms with Crippen molar-refractivity contribution in [3.8, 4) is 17.5 Å². The van der Waals surface area contributed by atoms with E-state index >= 15 is 0 Å². The van der Waals surface area contributed by atoms with Crippen LogP contribution in [-0.2, 0) is 0 Å². The lowest BCUT2D eigenvalue weighted by Gasteiger charge is -2.32. The quantitative estimate of drug-likeness (QED) is 0.847. The van der Waals surface area contributed by atoms with Crippen LogP contribution in [0.5, 0.6) is 17.5 Å². The Bertz CT molecular complexity index is 784. The van der Waals surface area contributed by atoms with Gasteiger partial charge in [-0.25, -0.2) is 14.4 Å². The Kier molecular flexibility index (Phi) is 4.09. The number of hydrogen-bond donors (Lipinski definition) is 0. The van der Waals surface area contributed by atoms with Gasteiger partial charge in [0.05, 0.1) is 18.9 Å². The molecule has 1 fully saturated rings. The number of nitrogens with zero attached hydrogens (tertiary/aromatic N) is 3. The fourth-order valence-corrected chi connectivity index (χ4v) is 2.94. The highest BCUT2D eigenvalue weighted by Gasteiger charge is 2.27. The molecular weight excluding hydrogens is 329 g/mol. The van der Waals surface area contributed by atoms with Gasteiger partial charge in [-0.15, -0.1) is 0 Å². The van der Waals surface area contributed by atoms with Crippen LogP contribution in [0.15, 0.2) is 30.6 Å². The highest BCUT2D eigenvalue weighted by atomic mass is 19.1. The van der Waals surface area contributed by atoms with Crippen LogP contribution in [0, 0.1) is 5.82 Å². The monoisotopic (exact) mass is 345 g/mol. The molecule has 1 atom stereocenters. The van der Waals surface area contributed by atoms with Crippen LogP contribution >= 0.6 is 0 Å². The number of carbonyl (C=O) groups is 1. The number of carbonyl (C=O) groups excluding carboxylic acids is 1. The van der Waals surface area contributed by atoms with Crippen molar-refractivity contribution in [1.29, 1.82) is 0 Å². The molecular formula is C17H16FN3O4. The van der Waals surface area contributed by atoms with Gasteiger partial charge in [-0.1, -0.05) is 0 Å². The highest BCUT2D eigenvalue weighted by molar-refractivity contribution is 5.95. The molecule has 0 saturated carbocycles. The molecule has 1 saturated heterocycles.